The molecule has 0 spiro atoms. The zero-order valence-electron chi connectivity index (χ0n) is 19.6. The van der Waals surface area contributed by atoms with Crippen molar-refractivity contribution in [1.29, 1.82) is 0 Å². The molecule has 0 atom stereocenters. The summed E-state index contributed by atoms with van der Waals surface area (Å²) in [5, 5.41) is 24.7. The maximum absolute atomic E-state index is 12.9. The van der Waals surface area contributed by atoms with Crippen LogP contribution in [0.3, 0.4) is 0 Å². The first-order chi connectivity index (χ1) is 18.2. The molecule has 194 valence electrons. The lowest BCUT2D eigenvalue weighted by atomic mass is 10.1. The van der Waals surface area contributed by atoms with Gasteiger partial charge in [-0.1, -0.05) is 12.1 Å². The number of nitro benzene ring substituents is 2. The maximum atomic E-state index is 12.9. The minimum absolute atomic E-state index is 0.104. The lowest BCUT2D eigenvalue weighted by molar-refractivity contribution is -0.385. The van der Waals surface area contributed by atoms with E-state index in [1.165, 1.54) is 55.7 Å². The molecular formula is C24H18N4O10. The van der Waals surface area contributed by atoms with Crippen LogP contribution < -0.4 is 10.1 Å². The quantitative estimate of drug-likeness (QED) is 0.143. The number of esters is 1. The Labute approximate surface area is 213 Å². The van der Waals surface area contributed by atoms with Crippen LogP contribution in [-0.2, 0) is 22.7 Å². The Morgan fingerprint density at radius 2 is 1.79 bits per heavy atom. The number of ether oxygens (including phenoxy) is 2. The molecular weight excluding hydrogens is 504 g/mol. The van der Waals surface area contributed by atoms with Crippen molar-refractivity contribution in [3.05, 3.63) is 103 Å². The number of carbonyl (C=O) groups excluding carboxylic acids is 3. The van der Waals surface area contributed by atoms with E-state index in [0.717, 1.165) is 11.0 Å². The number of rotatable bonds is 9. The molecule has 3 amide bonds. The summed E-state index contributed by atoms with van der Waals surface area (Å²) in [6.45, 7) is -0.396. The molecule has 0 aliphatic carbocycles. The van der Waals surface area contributed by atoms with Crippen LogP contribution in [0.1, 0.15) is 27.4 Å². The minimum atomic E-state index is -0.776. The van der Waals surface area contributed by atoms with Gasteiger partial charge in [0.15, 0.2) is 0 Å². The average molecular weight is 522 g/mol. The van der Waals surface area contributed by atoms with Gasteiger partial charge in [0.25, 0.3) is 17.3 Å². The molecule has 2 heterocycles. The molecule has 0 unspecified atom stereocenters. The molecule has 1 saturated heterocycles. The highest BCUT2D eigenvalue weighted by atomic mass is 16.6. The zero-order valence-corrected chi connectivity index (χ0v) is 19.6. The number of hydrogen-bond donors (Lipinski definition) is 1. The smallest absolute Gasteiger partial charge is 0.373 e. The Balaban J connectivity index is 1.58. The van der Waals surface area contributed by atoms with Gasteiger partial charge >= 0.3 is 12.0 Å². The van der Waals surface area contributed by atoms with Crippen molar-refractivity contribution in [2.45, 2.75) is 13.2 Å². The van der Waals surface area contributed by atoms with Gasteiger partial charge in [-0.15, -0.1) is 0 Å². The summed E-state index contributed by atoms with van der Waals surface area (Å²) < 4.78 is 15.6. The third-order valence-corrected chi connectivity index (χ3v) is 5.34. The van der Waals surface area contributed by atoms with E-state index in [1.807, 2.05) is 0 Å². The Morgan fingerprint density at radius 1 is 1.05 bits per heavy atom. The van der Waals surface area contributed by atoms with E-state index in [0.29, 0.717) is 5.56 Å². The third kappa shape index (κ3) is 5.48. The van der Waals surface area contributed by atoms with Crippen LogP contribution in [0.25, 0.3) is 6.08 Å². The summed E-state index contributed by atoms with van der Waals surface area (Å²) in [4.78, 5) is 58.9. The topological polar surface area (TPSA) is 184 Å². The predicted octanol–water partition coefficient (Wildman–Crippen LogP) is 3.55. The van der Waals surface area contributed by atoms with Crippen molar-refractivity contribution >= 4 is 35.4 Å². The molecule has 0 bridgehead atoms. The monoisotopic (exact) mass is 522 g/mol. The van der Waals surface area contributed by atoms with Crippen LogP contribution in [0.4, 0.5) is 16.2 Å². The summed E-state index contributed by atoms with van der Waals surface area (Å²) in [6.07, 6.45) is 1.22. The van der Waals surface area contributed by atoms with Crippen molar-refractivity contribution in [1.82, 2.24) is 10.2 Å². The first kappa shape index (κ1) is 25.6. The molecule has 2 aromatic carbocycles. The normalized spacial score (nSPS) is 13.9. The number of furan rings is 1. The lowest BCUT2D eigenvalue weighted by Gasteiger charge is -2.10. The van der Waals surface area contributed by atoms with Gasteiger partial charge in [0, 0.05) is 29.8 Å². The number of non-ortho nitro benzene ring substituents is 2. The summed E-state index contributed by atoms with van der Waals surface area (Å²) in [6, 6.07) is 11.4. The molecule has 1 N–H and O–H groups in total. The first-order valence-corrected chi connectivity index (χ1v) is 10.8. The number of benzene rings is 2. The van der Waals surface area contributed by atoms with Gasteiger partial charge in [0.05, 0.1) is 23.5 Å². The first-order valence-electron chi connectivity index (χ1n) is 10.8. The van der Waals surface area contributed by atoms with Crippen molar-refractivity contribution in [3.8, 4) is 5.75 Å². The van der Waals surface area contributed by atoms with Crippen molar-refractivity contribution < 1.29 is 38.1 Å². The van der Waals surface area contributed by atoms with E-state index >= 15 is 0 Å². The van der Waals surface area contributed by atoms with E-state index in [9.17, 15) is 34.6 Å². The summed E-state index contributed by atoms with van der Waals surface area (Å²) >= 11 is 0. The number of hydrogen-bond acceptors (Lipinski definition) is 10. The molecule has 14 heteroatoms. The SMILES string of the molecule is COC(=O)c1ccc(CN2C(=O)N/C(=C\c3cc([N+](=O)[O-])ccc3OCc3cccc([N+](=O)[O-])c3)C2=O)o1. The number of nitrogens with zero attached hydrogens (tertiary/aromatic N) is 3. The summed E-state index contributed by atoms with van der Waals surface area (Å²) in [5.74, 6) is -1.30. The molecule has 4 rings (SSSR count). The average Bonchev–Trinajstić information content (AvgIpc) is 3.48. The molecule has 14 nitrogen and oxygen atoms in total. The van der Waals surface area contributed by atoms with Gasteiger partial charge in [-0.3, -0.25) is 29.9 Å². The van der Waals surface area contributed by atoms with E-state index in [-0.39, 0.29) is 53.1 Å². The number of urea groups is 1. The number of carbonyl (C=O) groups is 3. The fraction of sp³-hybridized carbons (Fsp3) is 0.125. The van der Waals surface area contributed by atoms with Gasteiger partial charge in [-0.2, -0.15) is 0 Å². The molecule has 0 radical (unpaired) electrons. The Hall–Kier alpha value is -5.53. The van der Waals surface area contributed by atoms with Gasteiger partial charge in [0.1, 0.15) is 23.8 Å². The van der Waals surface area contributed by atoms with Gasteiger partial charge in [-0.05, 0) is 29.8 Å². The number of nitro groups is 2. The third-order valence-electron chi connectivity index (χ3n) is 5.34. The van der Waals surface area contributed by atoms with Crippen LogP contribution in [0.2, 0.25) is 0 Å². The number of amides is 3. The highest BCUT2D eigenvalue weighted by Crippen LogP contribution is 2.29. The predicted molar refractivity (Wildman–Crippen MR) is 128 cm³/mol. The van der Waals surface area contributed by atoms with E-state index in [1.54, 1.807) is 6.07 Å². The van der Waals surface area contributed by atoms with E-state index in [2.05, 4.69) is 10.1 Å². The van der Waals surface area contributed by atoms with Crippen LogP contribution >= 0.6 is 0 Å². The van der Waals surface area contributed by atoms with Gasteiger partial charge in [0.2, 0.25) is 5.76 Å². The second-order valence-electron chi connectivity index (χ2n) is 7.83. The standard InChI is InChI=1S/C24H18N4O10/c1-36-23(30)21-8-6-18(38-21)12-26-22(29)19(25-24(26)31)11-15-10-17(28(34)35)5-7-20(15)37-13-14-3-2-4-16(9-14)27(32)33/h2-11H,12-13H2,1H3,(H,25,31)/b19-11-. The molecule has 1 aliphatic heterocycles. The second kappa shape index (κ2) is 10.6. The molecule has 1 aliphatic rings. The van der Waals surface area contributed by atoms with Crippen molar-refractivity contribution in [3.63, 3.8) is 0 Å². The van der Waals surface area contributed by atoms with Crippen molar-refractivity contribution in [2.75, 3.05) is 7.11 Å². The zero-order chi connectivity index (χ0) is 27.4. The largest absolute Gasteiger partial charge is 0.488 e. The van der Waals surface area contributed by atoms with Gasteiger partial charge < -0.3 is 19.2 Å². The molecule has 1 fully saturated rings. The molecule has 1 aromatic heterocycles. The van der Waals surface area contributed by atoms with Crippen molar-refractivity contribution in [2.24, 2.45) is 0 Å². The van der Waals surface area contributed by atoms with Crippen LogP contribution in [0, 0.1) is 20.2 Å². The minimum Gasteiger partial charge on any atom is -0.488 e. The van der Waals surface area contributed by atoms with E-state index < -0.39 is 27.8 Å². The summed E-state index contributed by atoms with van der Waals surface area (Å²) in [7, 11) is 1.18. The highest BCUT2D eigenvalue weighted by Gasteiger charge is 2.34. The van der Waals surface area contributed by atoms with Crippen LogP contribution in [0.15, 0.2) is 64.7 Å². The summed E-state index contributed by atoms with van der Waals surface area (Å²) in [5.41, 5.74) is -0.0280. The molecule has 0 saturated carbocycles. The number of methoxy groups -OCH3 is 1. The fourth-order valence-corrected chi connectivity index (χ4v) is 3.51. The van der Waals surface area contributed by atoms with Gasteiger partial charge in [-0.25, -0.2) is 9.59 Å². The Morgan fingerprint density at radius 3 is 2.50 bits per heavy atom. The van der Waals surface area contributed by atoms with E-state index in [4.69, 9.17) is 9.15 Å². The molecule has 38 heavy (non-hydrogen) atoms. The Bertz CT molecular complexity index is 1490. The second-order valence-corrected chi connectivity index (χ2v) is 7.83. The Kier molecular flexibility index (Phi) is 7.14. The maximum Gasteiger partial charge on any atom is 0.373 e. The molecule has 3 aromatic rings. The fourth-order valence-electron chi connectivity index (χ4n) is 3.51. The lowest BCUT2D eigenvalue weighted by Crippen LogP contribution is -2.30. The highest BCUT2D eigenvalue weighted by molar-refractivity contribution is 6.14. The van der Waals surface area contributed by atoms with Crippen LogP contribution in [0.5, 0.6) is 5.75 Å². The number of imide groups is 1. The number of nitrogens with one attached hydrogen (secondary N) is 1. The van der Waals surface area contributed by atoms with Crippen LogP contribution in [-0.4, -0.2) is 39.8 Å².